The van der Waals surface area contributed by atoms with Gasteiger partial charge in [-0.05, 0) is 43.7 Å². The number of carbonyl (C=O) groups excluding carboxylic acids is 1. The van der Waals surface area contributed by atoms with Crippen LogP contribution in [0.1, 0.15) is 21.7 Å². The number of halogens is 1. The predicted molar refractivity (Wildman–Crippen MR) is 72.1 cm³/mol. The van der Waals surface area contributed by atoms with E-state index in [9.17, 15) is 4.79 Å². The molecule has 1 aromatic carbocycles. The molecule has 0 aliphatic carbocycles. The number of rotatable bonds is 2. The van der Waals surface area contributed by atoms with Gasteiger partial charge in [0.05, 0.1) is 0 Å². The second-order valence-electron chi connectivity index (χ2n) is 4.21. The van der Waals surface area contributed by atoms with E-state index in [1.165, 1.54) is 0 Å². The molecule has 0 saturated carbocycles. The van der Waals surface area contributed by atoms with Crippen LogP contribution in [0.4, 0.5) is 5.69 Å². The van der Waals surface area contributed by atoms with Gasteiger partial charge in [0.25, 0.3) is 5.91 Å². The van der Waals surface area contributed by atoms with E-state index in [0.29, 0.717) is 10.7 Å². The zero-order valence-electron chi connectivity index (χ0n) is 10.5. The molecular weight excluding hydrogens is 250 g/mol. The predicted octanol–water partition coefficient (Wildman–Crippen LogP) is 2.94. The van der Waals surface area contributed by atoms with Crippen molar-refractivity contribution < 1.29 is 4.79 Å². The molecule has 0 unspecified atom stereocenters. The molecule has 0 spiro atoms. The Balaban J connectivity index is 2.21. The molecule has 5 heteroatoms. The Bertz CT molecular complexity index is 585. The Morgan fingerprint density at radius 3 is 2.61 bits per heavy atom. The topological polar surface area (TPSA) is 46.9 Å². The third-order valence-corrected chi connectivity index (χ3v) is 3.02. The fourth-order valence-corrected chi connectivity index (χ4v) is 1.85. The van der Waals surface area contributed by atoms with E-state index < -0.39 is 0 Å². The lowest BCUT2D eigenvalue weighted by atomic mass is 10.2. The van der Waals surface area contributed by atoms with Crippen LogP contribution < -0.4 is 5.32 Å². The maximum absolute atomic E-state index is 12.0. The molecule has 1 aromatic heterocycles. The highest BCUT2D eigenvalue weighted by molar-refractivity contribution is 6.30. The molecule has 94 valence electrons. The first kappa shape index (κ1) is 12.6. The summed E-state index contributed by atoms with van der Waals surface area (Å²) in [7, 11) is 1.81. The van der Waals surface area contributed by atoms with Gasteiger partial charge in [-0.3, -0.25) is 9.48 Å². The van der Waals surface area contributed by atoms with Crippen LogP contribution in [-0.4, -0.2) is 15.7 Å². The SMILES string of the molecule is Cc1cc(Cl)ccc1NC(=O)c1cc(C)n(C)n1. The lowest BCUT2D eigenvalue weighted by molar-refractivity contribution is 0.102. The summed E-state index contributed by atoms with van der Waals surface area (Å²) >= 11 is 5.87. The fourth-order valence-electron chi connectivity index (χ4n) is 1.63. The van der Waals surface area contributed by atoms with Gasteiger partial charge < -0.3 is 5.32 Å². The van der Waals surface area contributed by atoms with Crippen molar-refractivity contribution in [2.45, 2.75) is 13.8 Å². The lowest BCUT2D eigenvalue weighted by Gasteiger charge is -2.07. The van der Waals surface area contributed by atoms with Gasteiger partial charge in [0.1, 0.15) is 0 Å². The molecule has 1 N–H and O–H groups in total. The average Bonchev–Trinajstić information content (AvgIpc) is 2.63. The molecule has 18 heavy (non-hydrogen) atoms. The zero-order valence-corrected chi connectivity index (χ0v) is 11.2. The highest BCUT2D eigenvalue weighted by Crippen LogP contribution is 2.20. The minimum atomic E-state index is -0.218. The van der Waals surface area contributed by atoms with Crippen LogP contribution in [0.5, 0.6) is 0 Å². The molecule has 0 bridgehead atoms. The van der Waals surface area contributed by atoms with Crippen LogP contribution in [0.15, 0.2) is 24.3 Å². The average molecular weight is 264 g/mol. The molecule has 0 fully saturated rings. The van der Waals surface area contributed by atoms with Crippen LogP contribution in [0.3, 0.4) is 0 Å². The van der Waals surface area contributed by atoms with Crippen molar-refractivity contribution in [1.82, 2.24) is 9.78 Å². The Morgan fingerprint density at radius 1 is 1.33 bits per heavy atom. The highest BCUT2D eigenvalue weighted by Gasteiger charge is 2.12. The normalized spacial score (nSPS) is 10.4. The molecule has 0 atom stereocenters. The van der Waals surface area contributed by atoms with Crippen molar-refractivity contribution in [1.29, 1.82) is 0 Å². The Hall–Kier alpha value is -1.81. The summed E-state index contributed by atoms with van der Waals surface area (Å²) in [6, 6.07) is 7.08. The van der Waals surface area contributed by atoms with Crippen LogP contribution in [0, 0.1) is 13.8 Å². The minimum absolute atomic E-state index is 0.218. The summed E-state index contributed by atoms with van der Waals surface area (Å²) in [5.74, 6) is -0.218. The molecule has 2 aromatic rings. The molecular formula is C13H14ClN3O. The molecule has 2 rings (SSSR count). The lowest BCUT2D eigenvalue weighted by Crippen LogP contribution is -2.13. The van der Waals surface area contributed by atoms with Gasteiger partial charge in [-0.25, -0.2) is 0 Å². The van der Waals surface area contributed by atoms with Gasteiger partial charge in [0.2, 0.25) is 0 Å². The molecule has 0 saturated heterocycles. The van der Waals surface area contributed by atoms with Crippen LogP contribution in [0.25, 0.3) is 0 Å². The summed E-state index contributed by atoms with van der Waals surface area (Å²) in [5.41, 5.74) is 3.01. The summed E-state index contributed by atoms with van der Waals surface area (Å²) in [6.07, 6.45) is 0. The van der Waals surface area contributed by atoms with E-state index in [1.54, 1.807) is 36.0 Å². The first-order chi connectivity index (χ1) is 8.47. The molecule has 1 heterocycles. The third-order valence-electron chi connectivity index (χ3n) is 2.78. The first-order valence-electron chi connectivity index (χ1n) is 5.55. The van der Waals surface area contributed by atoms with E-state index >= 15 is 0 Å². The Kier molecular flexibility index (Phi) is 3.39. The highest BCUT2D eigenvalue weighted by atomic mass is 35.5. The van der Waals surface area contributed by atoms with Crippen molar-refractivity contribution in [3.05, 3.63) is 46.2 Å². The van der Waals surface area contributed by atoms with Crippen molar-refractivity contribution in [2.75, 3.05) is 5.32 Å². The summed E-state index contributed by atoms with van der Waals surface area (Å²) in [4.78, 5) is 12.0. The smallest absolute Gasteiger partial charge is 0.276 e. The molecule has 0 radical (unpaired) electrons. The number of carbonyl (C=O) groups is 1. The van der Waals surface area contributed by atoms with Crippen LogP contribution >= 0.6 is 11.6 Å². The monoisotopic (exact) mass is 263 g/mol. The standard InChI is InChI=1S/C13H14ClN3O/c1-8-6-10(14)4-5-11(8)15-13(18)12-7-9(2)17(3)16-12/h4-7H,1-3H3,(H,15,18). The maximum Gasteiger partial charge on any atom is 0.276 e. The van der Waals surface area contributed by atoms with Gasteiger partial charge in [-0.2, -0.15) is 5.10 Å². The summed E-state index contributed by atoms with van der Waals surface area (Å²) < 4.78 is 1.67. The first-order valence-corrected chi connectivity index (χ1v) is 5.93. The zero-order chi connectivity index (χ0) is 13.3. The summed E-state index contributed by atoms with van der Waals surface area (Å²) in [6.45, 7) is 3.79. The van der Waals surface area contributed by atoms with Gasteiger partial charge in [0.15, 0.2) is 5.69 Å². The number of nitrogens with zero attached hydrogens (tertiary/aromatic N) is 2. The second kappa shape index (κ2) is 4.82. The largest absolute Gasteiger partial charge is 0.320 e. The number of aryl methyl sites for hydroxylation is 3. The van der Waals surface area contributed by atoms with E-state index in [4.69, 9.17) is 11.6 Å². The quantitative estimate of drug-likeness (QED) is 0.906. The Labute approximate surface area is 111 Å². The number of aromatic nitrogens is 2. The van der Waals surface area contributed by atoms with Gasteiger partial charge in [0, 0.05) is 23.5 Å². The van der Waals surface area contributed by atoms with E-state index in [2.05, 4.69) is 10.4 Å². The van der Waals surface area contributed by atoms with Gasteiger partial charge >= 0.3 is 0 Å². The molecule has 4 nitrogen and oxygen atoms in total. The number of nitrogens with one attached hydrogen (secondary N) is 1. The summed E-state index contributed by atoms with van der Waals surface area (Å²) in [5, 5.41) is 7.60. The molecule has 0 aliphatic rings. The number of amides is 1. The molecule has 0 aliphatic heterocycles. The van der Waals surface area contributed by atoms with E-state index in [1.807, 2.05) is 13.8 Å². The van der Waals surface area contributed by atoms with Crippen LogP contribution in [-0.2, 0) is 7.05 Å². The second-order valence-corrected chi connectivity index (χ2v) is 4.64. The van der Waals surface area contributed by atoms with Crippen molar-refractivity contribution in [3.63, 3.8) is 0 Å². The van der Waals surface area contributed by atoms with Crippen molar-refractivity contribution in [2.24, 2.45) is 7.05 Å². The van der Waals surface area contributed by atoms with Gasteiger partial charge in [-0.1, -0.05) is 11.6 Å². The third kappa shape index (κ3) is 2.54. The van der Waals surface area contributed by atoms with Crippen LogP contribution in [0.2, 0.25) is 5.02 Å². The number of hydrogen-bond acceptors (Lipinski definition) is 2. The minimum Gasteiger partial charge on any atom is -0.320 e. The molecule has 1 amide bonds. The van der Waals surface area contributed by atoms with E-state index in [0.717, 1.165) is 16.9 Å². The van der Waals surface area contributed by atoms with Crippen molar-refractivity contribution >= 4 is 23.2 Å². The maximum atomic E-state index is 12.0. The van der Waals surface area contributed by atoms with E-state index in [-0.39, 0.29) is 5.91 Å². The number of hydrogen-bond donors (Lipinski definition) is 1. The number of anilines is 1. The number of benzene rings is 1. The Morgan fingerprint density at radius 2 is 2.06 bits per heavy atom. The van der Waals surface area contributed by atoms with Gasteiger partial charge in [-0.15, -0.1) is 0 Å². The fraction of sp³-hybridized carbons (Fsp3) is 0.231. The van der Waals surface area contributed by atoms with Crippen molar-refractivity contribution in [3.8, 4) is 0 Å².